The van der Waals surface area contributed by atoms with Crippen LogP contribution in [0.2, 0.25) is 0 Å². The second-order valence-corrected chi connectivity index (χ2v) is 6.02. The minimum Gasteiger partial charge on any atom is -0.497 e. The number of benzene rings is 1. The van der Waals surface area contributed by atoms with Crippen LogP contribution in [-0.4, -0.2) is 56.6 Å². The zero-order valence-electron chi connectivity index (χ0n) is 15.1. The van der Waals surface area contributed by atoms with E-state index in [2.05, 4.69) is 20.5 Å². The van der Waals surface area contributed by atoms with Crippen molar-refractivity contribution in [2.45, 2.75) is 6.42 Å². The summed E-state index contributed by atoms with van der Waals surface area (Å²) in [6, 6.07) is 11.5. The van der Waals surface area contributed by atoms with E-state index in [0.717, 1.165) is 36.5 Å². The Balaban J connectivity index is 1.83. The molecule has 0 aliphatic heterocycles. The van der Waals surface area contributed by atoms with Crippen LogP contribution in [0.5, 0.6) is 5.75 Å². The SMILES string of the molecule is COc1cccc(CCNC(=O)c2cc(NCCN(C)C)ccn2)c1. The van der Waals surface area contributed by atoms with Crippen molar-refractivity contribution >= 4 is 11.6 Å². The Morgan fingerprint density at radius 3 is 2.80 bits per heavy atom. The molecule has 2 aromatic rings. The van der Waals surface area contributed by atoms with Crippen molar-refractivity contribution < 1.29 is 9.53 Å². The molecule has 134 valence electrons. The number of ether oxygens (including phenoxy) is 1. The van der Waals surface area contributed by atoms with E-state index < -0.39 is 0 Å². The van der Waals surface area contributed by atoms with Gasteiger partial charge >= 0.3 is 0 Å². The third kappa shape index (κ3) is 6.43. The average Bonchev–Trinajstić information content (AvgIpc) is 2.62. The van der Waals surface area contributed by atoms with Crippen LogP contribution >= 0.6 is 0 Å². The molecule has 0 unspecified atom stereocenters. The number of nitrogens with zero attached hydrogens (tertiary/aromatic N) is 2. The van der Waals surface area contributed by atoms with Gasteiger partial charge in [-0.3, -0.25) is 9.78 Å². The first kappa shape index (κ1) is 18.7. The molecule has 0 saturated heterocycles. The van der Waals surface area contributed by atoms with Gasteiger partial charge in [0, 0.05) is 31.5 Å². The highest BCUT2D eigenvalue weighted by Gasteiger charge is 2.07. The van der Waals surface area contributed by atoms with Gasteiger partial charge in [-0.15, -0.1) is 0 Å². The van der Waals surface area contributed by atoms with Gasteiger partial charge in [0.25, 0.3) is 5.91 Å². The standard InChI is InChI=1S/C19H26N4O2/c1-23(2)12-11-20-16-8-10-21-18(14-16)19(24)22-9-7-15-5-4-6-17(13-15)25-3/h4-6,8,10,13-14H,7,9,11-12H2,1-3H3,(H,20,21)(H,22,24). The van der Waals surface area contributed by atoms with Crippen LogP contribution in [0.3, 0.4) is 0 Å². The normalized spacial score (nSPS) is 10.6. The lowest BCUT2D eigenvalue weighted by atomic mass is 10.1. The zero-order chi connectivity index (χ0) is 18.1. The number of anilines is 1. The average molecular weight is 342 g/mol. The van der Waals surface area contributed by atoms with E-state index in [4.69, 9.17) is 4.74 Å². The minimum atomic E-state index is -0.167. The summed E-state index contributed by atoms with van der Waals surface area (Å²) < 4.78 is 5.20. The lowest BCUT2D eigenvalue weighted by molar-refractivity contribution is 0.0949. The number of methoxy groups -OCH3 is 1. The Morgan fingerprint density at radius 1 is 1.20 bits per heavy atom. The Hall–Kier alpha value is -2.60. The predicted molar refractivity (Wildman–Crippen MR) is 100 cm³/mol. The first-order valence-electron chi connectivity index (χ1n) is 8.34. The molecule has 25 heavy (non-hydrogen) atoms. The first-order valence-corrected chi connectivity index (χ1v) is 8.34. The first-order chi connectivity index (χ1) is 12.1. The summed E-state index contributed by atoms with van der Waals surface area (Å²) in [6.07, 6.45) is 2.39. The number of nitrogens with one attached hydrogen (secondary N) is 2. The van der Waals surface area contributed by atoms with Crippen LogP contribution in [-0.2, 0) is 6.42 Å². The molecule has 1 aromatic carbocycles. The fourth-order valence-electron chi connectivity index (χ4n) is 2.33. The summed E-state index contributed by atoms with van der Waals surface area (Å²) >= 11 is 0. The molecule has 2 N–H and O–H groups in total. The van der Waals surface area contributed by atoms with E-state index in [1.54, 1.807) is 19.4 Å². The number of carbonyl (C=O) groups excluding carboxylic acids is 1. The molecule has 1 amide bonds. The van der Waals surface area contributed by atoms with Crippen LogP contribution in [0.25, 0.3) is 0 Å². The van der Waals surface area contributed by atoms with Gasteiger partial charge in [-0.1, -0.05) is 12.1 Å². The van der Waals surface area contributed by atoms with Crippen molar-refractivity contribution in [1.29, 1.82) is 0 Å². The molecule has 0 spiro atoms. The molecule has 1 heterocycles. The maximum absolute atomic E-state index is 12.3. The van der Waals surface area contributed by atoms with Crippen LogP contribution in [0.15, 0.2) is 42.6 Å². The lowest BCUT2D eigenvalue weighted by Crippen LogP contribution is -2.26. The molecule has 0 saturated carbocycles. The number of pyridine rings is 1. The Labute approximate surface area is 149 Å². The number of hydrogen-bond donors (Lipinski definition) is 2. The lowest BCUT2D eigenvalue weighted by Gasteiger charge is -2.12. The highest BCUT2D eigenvalue weighted by molar-refractivity contribution is 5.93. The molecule has 2 rings (SSSR count). The van der Waals surface area contributed by atoms with Crippen molar-refractivity contribution in [3.05, 3.63) is 53.9 Å². The molecule has 0 bridgehead atoms. The summed E-state index contributed by atoms with van der Waals surface area (Å²) in [7, 11) is 5.69. The van der Waals surface area contributed by atoms with Crippen molar-refractivity contribution in [2.24, 2.45) is 0 Å². The fraction of sp³-hybridized carbons (Fsp3) is 0.368. The maximum Gasteiger partial charge on any atom is 0.269 e. The van der Waals surface area contributed by atoms with E-state index in [1.807, 2.05) is 44.4 Å². The number of aromatic nitrogens is 1. The van der Waals surface area contributed by atoms with Gasteiger partial charge < -0.3 is 20.3 Å². The number of rotatable bonds is 9. The molecule has 0 atom stereocenters. The monoisotopic (exact) mass is 342 g/mol. The van der Waals surface area contributed by atoms with Gasteiger partial charge in [-0.25, -0.2) is 0 Å². The van der Waals surface area contributed by atoms with Gasteiger partial charge in [-0.05, 0) is 50.3 Å². The summed E-state index contributed by atoms with van der Waals surface area (Å²) in [5.74, 6) is 0.654. The zero-order valence-corrected chi connectivity index (χ0v) is 15.1. The third-order valence-corrected chi connectivity index (χ3v) is 3.71. The Morgan fingerprint density at radius 2 is 2.04 bits per heavy atom. The van der Waals surface area contributed by atoms with E-state index >= 15 is 0 Å². The van der Waals surface area contributed by atoms with Crippen molar-refractivity contribution in [1.82, 2.24) is 15.2 Å². The molecular weight excluding hydrogens is 316 g/mol. The Kier molecular flexibility index (Phi) is 7.22. The molecule has 0 aliphatic rings. The van der Waals surface area contributed by atoms with E-state index in [1.165, 1.54) is 0 Å². The number of likely N-dealkylation sites (N-methyl/N-ethyl adjacent to an activating group) is 1. The van der Waals surface area contributed by atoms with Crippen LogP contribution in [0.4, 0.5) is 5.69 Å². The van der Waals surface area contributed by atoms with E-state index in [9.17, 15) is 4.79 Å². The second kappa shape index (κ2) is 9.64. The quantitative estimate of drug-likeness (QED) is 0.730. The van der Waals surface area contributed by atoms with Gasteiger partial charge in [0.2, 0.25) is 0 Å². The summed E-state index contributed by atoms with van der Waals surface area (Å²) in [6.45, 7) is 2.28. The van der Waals surface area contributed by atoms with Crippen molar-refractivity contribution in [3.8, 4) is 5.75 Å². The van der Waals surface area contributed by atoms with E-state index in [-0.39, 0.29) is 5.91 Å². The van der Waals surface area contributed by atoms with E-state index in [0.29, 0.717) is 12.2 Å². The summed E-state index contributed by atoms with van der Waals surface area (Å²) in [5.41, 5.74) is 2.43. The maximum atomic E-state index is 12.3. The highest BCUT2D eigenvalue weighted by atomic mass is 16.5. The van der Waals surface area contributed by atoms with Crippen molar-refractivity contribution in [2.75, 3.05) is 46.2 Å². The smallest absolute Gasteiger partial charge is 0.269 e. The number of amides is 1. The second-order valence-electron chi connectivity index (χ2n) is 6.02. The highest BCUT2D eigenvalue weighted by Crippen LogP contribution is 2.12. The molecule has 0 aliphatic carbocycles. The van der Waals surface area contributed by atoms with Gasteiger partial charge in [-0.2, -0.15) is 0 Å². The molecule has 1 aromatic heterocycles. The largest absolute Gasteiger partial charge is 0.497 e. The van der Waals surface area contributed by atoms with Crippen molar-refractivity contribution in [3.63, 3.8) is 0 Å². The van der Waals surface area contributed by atoms with Crippen LogP contribution in [0.1, 0.15) is 16.1 Å². The molecule has 0 radical (unpaired) electrons. The fourth-order valence-corrected chi connectivity index (χ4v) is 2.33. The Bertz CT molecular complexity index is 689. The molecule has 6 heteroatoms. The van der Waals surface area contributed by atoms with Gasteiger partial charge in [0.1, 0.15) is 11.4 Å². The van der Waals surface area contributed by atoms with Gasteiger partial charge in [0.15, 0.2) is 0 Å². The van der Waals surface area contributed by atoms with Crippen LogP contribution in [0, 0.1) is 0 Å². The van der Waals surface area contributed by atoms with Gasteiger partial charge in [0.05, 0.1) is 7.11 Å². The predicted octanol–water partition coefficient (Wildman–Crippen LogP) is 2.04. The molecule has 6 nitrogen and oxygen atoms in total. The molecule has 0 fully saturated rings. The summed E-state index contributed by atoms with van der Waals surface area (Å²) in [4.78, 5) is 18.5. The third-order valence-electron chi connectivity index (χ3n) is 3.71. The molecular formula is C19H26N4O2. The number of carbonyl (C=O) groups is 1. The summed E-state index contributed by atoms with van der Waals surface area (Å²) in [5, 5.41) is 6.20. The van der Waals surface area contributed by atoms with Crippen LogP contribution < -0.4 is 15.4 Å². The topological polar surface area (TPSA) is 66.5 Å². The minimum absolute atomic E-state index is 0.167. The number of hydrogen-bond acceptors (Lipinski definition) is 5.